The highest BCUT2D eigenvalue weighted by atomic mass is 35.5. The number of nitrogens with one attached hydrogen (secondary N) is 1. The SMILES string of the molecule is CC1(C)Cc2cccc(OCC(=O)NCC3CC(=O)N(c4ccc(Cl)cc4)C3)c2O1. The molecule has 1 fully saturated rings. The predicted octanol–water partition coefficient (Wildman–Crippen LogP) is 3.60. The Kier molecular flexibility index (Phi) is 5.60. The van der Waals surface area contributed by atoms with E-state index >= 15 is 0 Å². The number of hydrogen-bond donors (Lipinski definition) is 1. The number of nitrogens with zero attached hydrogens (tertiary/aromatic N) is 1. The molecule has 2 aliphatic rings. The van der Waals surface area contributed by atoms with Gasteiger partial charge in [-0.3, -0.25) is 9.59 Å². The topological polar surface area (TPSA) is 67.9 Å². The van der Waals surface area contributed by atoms with Gasteiger partial charge in [-0.2, -0.15) is 0 Å². The first kappa shape index (κ1) is 20.5. The van der Waals surface area contributed by atoms with Crippen molar-refractivity contribution in [1.29, 1.82) is 0 Å². The van der Waals surface area contributed by atoms with E-state index in [0.717, 1.165) is 23.4 Å². The second kappa shape index (κ2) is 8.19. The van der Waals surface area contributed by atoms with E-state index in [1.807, 2.05) is 44.2 Å². The van der Waals surface area contributed by atoms with Gasteiger partial charge in [0.1, 0.15) is 5.60 Å². The number of carbonyl (C=O) groups is 2. The molecule has 0 saturated carbocycles. The third kappa shape index (κ3) is 4.54. The second-order valence-corrected chi connectivity index (χ2v) is 8.86. The number of benzene rings is 2. The summed E-state index contributed by atoms with van der Waals surface area (Å²) in [5.74, 6) is 1.19. The molecule has 7 heteroatoms. The van der Waals surface area contributed by atoms with Gasteiger partial charge >= 0.3 is 0 Å². The van der Waals surface area contributed by atoms with E-state index in [0.29, 0.717) is 30.3 Å². The summed E-state index contributed by atoms with van der Waals surface area (Å²) in [5.41, 5.74) is 1.64. The number of amides is 2. The van der Waals surface area contributed by atoms with Gasteiger partial charge in [-0.15, -0.1) is 0 Å². The first-order valence-electron chi connectivity index (χ1n) is 10.1. The molecule has 2 amide bonds. The summed E-state index contributed by atoms with van der Waals surface area (Å²) in [6.07, 6.45) is 1.21. The number of anilines is 1. The van der Waals surface area contributed by atoms with Crippen LogP contribution in [0, 0.1) is 5.92 Å². The molecule has 2 aliphatic heterocycles. The van der Waals surface area contributed by atoms with E-state index in [1.54, 1.807) is 17.0 Å². The minimum Gasteiger partial charge on any atom is -0.483 e. The molecule has 1 unspecified atom stereocenters. The van der Waals surface area contributed by atoms with E-state index in [-0.39, 0.29) is 29.9 Å². The molecule has 2 heterocycles. The Hall–Kier alpha value is -2.73. The highest BCUT2D eigenvalue weighted by Crippen LogP contribution is 2.41. The maximum absolute atomic E-state index is 12.3. The van der Waals surface area contributed by atoms with Crippen LogP contribution in [0.1, 0.15) is 25.8 Å². The monoisotopic (exact) mass is 428 g/mol. The van der Waals surface area contributed by atoms with Crippen molar-refractivity contribution in [2.24, 2.45) is 5.92 Å². The third-order valence-electron chi connectivity index (χ3n) is 5.35. The van der Waals surface area contributed by atoms with E-state index in [9.17, 15) is 9.59 Å². The Balaban J connectivity index is 1.27. The lowest BCUT2D eigenvalue weighted by molar-refractivity contribution is -0.123. The summed E-state index contributed by atoms with van der Waals surface area (Å²) in [7, 11) is 0. The summed E-state index contributed by atoms with van der Waals surface area (Å²) in [6, 6.07) is 12.9. The largest absolute Gasteiger partial charge is 0.483 e. The molecule has 0 aromatic heterocycles. The van der Waals surface area contributed by atoms with Gasteiger partial charge in [0.05, 0.1) is 0 Å². The van der Waals surface area contributed by atoms with Crippen LogP contribution in [0.3, 0.4) is 0 Å². The fourth-order valence-electron chi connectivity index (χ4n) is 3.94. The van der Waals surface area contributed by atoms with Gasteiger partial charge in [-0.1, -0.05) is 23.7 Å². The minimum atomic E-state index is -0.269. The maximum Gasteiger partial charge on any atom is 0.257 e. The van der Waals surface area contributed by atoms with Crippen molar-refractivity contribution in [1.82, 2.24) is 5.32 Å². The van der Waals surface area contributed by atoms with Gasteiger partial charge in [0.15, 0.2) is 18.1 Å². The molecule has 30 heavy (non-hydrogen) atoms. The third-order valence-corrected chi connectivity index (χ3v) is 5.60. The molecule has 0 aliphatic carbocycles. The number of rotatable bonds is 6. The van der Waals surface area contributed by atoms with Crippen LogP contribution in [0.25, 0.3) is 0 Å². The highest BCUT2D eigenvalue weighted by Gasteiger charge is 2.33. The molecule has 158 valence electrons. The standard InChI is InChI=1S/C23H25ClN2O4/c1-23(2)11-16-4-3-5-19(22(16)30-23)29-14-20(27)25-12-15-10-21(28)26(13-15)18-8-6-17(24)7-9-18/h3-9,15H,10-14H2,1-2H3,(H,25,27). The zero-order valence-corrected chi connectivity index (χ0v) is 17.9. The van der Waals surface area contributed by atoms with Crippen molar-refractivity contribution in [2.45, 2.75) is 32.3 Å². The molecule has 2 aromatic carbocycles. The van der Waals surface area contributed by atoms with Crippen LogP contribution in [0.5, 0.6) is 11.5 Å². The zero-order valence-electron chi connectivity index (χ0n) is 17.1. The fraction of sp³-hybridized carbons (Fsp3) is 0.391. The van der Waals surface area contributed by atoms with Gasteiger partial charge in [0.2, 0.25) is 5.91 Å². The van der Waals surface area contributed by atoms with Gasteiger partial charge in [0.25, 0.3) is 5.91 Å². The molecule has 2 aromatic rings. The average molecular weight is 429 g/mol. The Bertz CT molecular complexity index is 958. The number of ether oxygens (including phenoxy) is 2. The number of halogens is 1. The minimum absolute atomic E-state index is 0.0485. The van der Waals surface area contributed by atoms with Crippen LogP contribution >= 0.6 is 11.6 Å². The summed E-state index contributed by atoms with van der Waals surface area (Å²) >= 11 is 5.92. The zero-order chi connectivity index (χ0) is 21.3. The number of carbonyl (C=O) groups excluding carboxylic acids is 2. The predicted molar refractivity (Wildman–Crippen MR) is 115 cm³/mol. The van der Waals surface area contributed by atoms with Crippen LogP contribution in [-0.4, -0.2) is 37.1 Å². The molecule has 1 saturated heterocycles. The van der Waals surface area contributed by atoms with Crippen LogP contribution < -0.4 is 19.7 Å². The van der Waals surface area contributed by atoms with Crippen LogP contribution in [0.15, 0.2) is 42.5 Å². The van der Waals surface area contributed by atoms with Crippen molar-refractivity contribution in [3.05, 3.63) is 53.1 Å². The van der Waals surface area contributed by atoms with Crippen molar-refractivity contribution >= 4 is 29.1 Å². The molecule has 1 N–H and O–H groups in total. The first-order chi connectivity index (χ1) is 14.3. The smallest absolute Gasteiger partial charge is 0.257 e. The average Bonchev–Trinajstić information content (AvgIpc) is 3.23. The number of hydrogen-bond acceptors (Lipinski definition) is 4. The van der Waals surface area contributed by atoms with E-state index in [4.69, 9.17) is 21.1 Å². The van der Waals surface area contributed by atoms with Gasteiger partial charge in [0, 0.05) is 48.1 Å². The quantitative estimate of drug-likeness (QED) is 0.763. The molecular weight excluding hydrogens is 404 g/mol. The Labute approximate surface area is 181 Å². The summed E-state index contributed by atoms with van der Waals surface area (Å²) < 4.78 is 11.7. The van der Waals surface area contributed by atoms with Crippen molar-refractivity contribution in [3.8, 4) is 11.5 Å². The Morgan fingerprint density at radius 3 is 2.80 bits per heavy atom. The first-order valence-corrected chi connectivity index (χ1v) is 10.4. The van der Waals surface area contributed by atoms with Gasteiger partial charge < -0.3 is 19.7 Å². The molecule has 0 spiro atoms. The molecular formula is C23H25ClN2O4. The maximum atomic E-state index is 12.3. The van der Waals surface area contributed by atoms with Gasteiger partial charge in [-0.05, 0) is 44.2 Å². The Morgan fingerprint density at radius 2 is 2.03 bits per heavy atom. The Morgan fingerprint density at radius 1 is 1.27 bits per heavy atom. The lowest BCUT2D eigenvalue weighted by Gasteiger charge is -2.18. The summed E-state index contributed by atoms with van der Waals surface area (Å²) in [4.78, 5) is 26.3. The second-order valence-electron chi connectivity index (χ2n) is 8.43. The van der Waals surface area contributed by atoms with Crippen molar-refractivity contribution in [2.75, 3.05) is 24.6 Å². The molecule has 1 atom stereocenters. The summed E-state index contributed by atoms with van der Waals surface area (Å²) in [6.45, 7) is 4.95. The number of para-hydroxylation sites is 1. The van der Waals surface area contributed by atoms with Crippen molar-refractivity contribution < 1.29 is 19.1 Å². The van der Waals surface area contributed by atoms with Crippen LogP contribution in [0.2, 0.25) is 5.02 Å². The highest BCUT2D eigenvalue weighted by molar-refractivity contribution is 6.30. The van der Waals surface area contributed by atoms with E-state index in [1.165, 1.54) is 0 Å². The van der Waals surface area contributed by atoms with Gasteiger partial charge in [-0.25, -0.2) is 0 Å². The summed E-state index contributed by atoms with van der Waals surface area (Å²) in [5, 5.41) is 3.51. The molecule has 4 rings (SSSR count). The van der Waals surface area contributed by atoms with Crippen LogP contribution in [0.4, 0.5) is 5.69 Å². The molecule has 0 bridgehead atoms. The van der Waals surface area contributed by atoms with E-state index < -0.39 is 0 Å². The van der Waals surface area contributed by atoms with Crippen molar-refractivity contribution in [3.63, 3.8) is 0 Å². The lowest BCUT2D eigenvalue weighted by Crippen LogP contribution is -2.34. The molecule has 0 radical (unpaired) electrons. The van der Waals surface area contributed by atoms with E-state index in [2.05, 4.69) is 5.32 Å². The number of fused-ring (bicyclic) bond motifs is 1. The normalized spacial score (nSPS) is 19.4. The van der Waals surface area contributed by atoms with Crippen LogP contribution in [-0.2, 0) is 16.0 Å². The molecule has 6 nitrogen and oxygen atoms in total. The fourth-order valence-corrected chi connectivity index (χ4v) is 4.07. The lowest BCUT2D eigenvalue weighted by atomic mass is 10.0.